The third kappa shape index (κ3) is 12.3. The summed E-state index contributed by atoms with van der Waals surface area (Å²) in [5, 5.41) is 55.6. The molecule has 7 rings (SSSR count). The molecule has 346 valence electrons. The van der Waals surface area contributed by atoms with Crippen molar-refractivity contribution in [2.45, 2.75) is 133 Å². The van der Waals surface area contributed by atoms with E-state index in [4.69, 9.17) is 47.4 Å². The Hall–Kier alpha value is -4.30. The highest BCUT2D eigenvalue weighted by molar-refractivity contribution is 5.17. The second-order valence-electron chi connectivity index (χ2n) is 16.4. The van der Waals surface area contributed by atoms with Gasteiger partial charge in [0.15, 0.2) is 24.1 Å². The summed E-state index contributed by atoms with van der Waals surface area (Å²) in [6, 6.07) is 38.2. The predicted molar refractivity (Wildman–Crippen MR) is 230 cm³/mol. The third-order valence-corrected chi connectivity index (χ3v) is 11.2. The summed E-state index contributed by atoms with van der Waals surface area (Å²) in [4.78, 5) is 0. The van der Waals surface area contributed by atoms with Gasteiger partial charge >= 0.3 is 0 Å². The third-order valence-electron chi connectivity index (χ3n) is 11.2. The highest BCUT2D eigenvalue weighted by atomic mass is 16.8. The molecule has 6 unspecified atom stereocenters. The lowest BCUT2D eigenvalue weighted by Crippen LogP contribution is -2.66. The van der Waals surface area contributed by atoms with E-state index in [0.717, 1.165) is 22.3 Å². The van der Waals surface area contributed by atoms with Crippen LogP contribution < -0.4 is 0 Å². The lowest BCUT2D eigenvalue weighted by Gasteiger charge is -2.49. The van der Waals surface area contributed by atoms with Crippen molar-refractivity contribution in [2.24, 2.45) is 0 Å². The van der Waals surface area contributed by atoms with E-state index in [0.29, 0.717) is 0 Å². The van der Waals surface area contributed by atoms with Gasteiger partial charge in [-0.3, -0.25) is 0 Å². The number of ether oxygens (including phenoxy) is 10. The normalized spacial score (nSPS) is 30.4. The Morgan fingerprint density at radius 1 is 0.625 bits per heavy atom. The molecule has 3 aliphatic rings. The first-order chi connectivity index (χ1) is 31.0. The van der Waals surface area contributed by atoms with Crippen molar-refractivity contribution in [1.82, 2.24) is 0 Å². The number of hydrogen-bond acceptors (Lipinski definition) is 15. The molecule has 0 aliphatic carbocycles. The molecular weight excluding hydrogens is 829 g/mol. The summed E-state index contributed by atoms with van der Waals surface area (Å²) in [6.45, 7) is 4.67. The van der Waals surface area contributed by atoms with Crippen molar-refractivity contribution >= 4 is 0 Å². The number of aliphatic hydroxyl groups is 5. The molecule has 12 atom stereocenters. The molecule has 4 aromatic rings. The van der Waals surface area contributed by atoms with Crippen LogP contribution in [0.5, 0.6) is 0 Å². The minimum atomic E-state index is -2.11. The molecule has 15 heteroatoms. The topological polar surface area (TPSA) is 193 Å². The summed E-state index contributed by atoms with van der Waals surface area (Å²) >= 11 is 0. The maximum atomic E-state index is 12.2. The lowest BCUT2D eigenvalue weighted by atomic mass is 9.96. The molecule has 3 saturated heterocycles. The smallest absolute Gasteiger partial charge is 0.218 e. The van der Waals surface area contributed by atoms with Gasteiger partial charge in [-0.05, 0) is 29.2 Å². The molecule has 3 aliphatic heterocycles. The summed E-state index contributed by atoms with van der Waals surface area (Å²) in [5.74, 6) is -2.08. The highest BCUT2D eigenvalue weighted by Gasteiger charge is 2.54. The van der Waals surface area contributed by atoms with Gasteiger partial charge in [-0.25, -0.2) is 0 Å². The SMILES string of the molecule is CC1O[C@@H](OC2C(O)[C@H](OCc3ccccc3)OC(CO)[C@H]2O[C@H](O)/C(O)=C2\OC(C)(C)O[C@H]2CCO)C(OCc2ccccc2)C(OCc2ccccc2)[C@@H]1OCc1ccccc1. The van der Waals surface area contributed by atoms with E-state index < -0.39 is 92.0 Å². The number of benzene rings is 4. The van der Waals surface area contributed by atoms with Crippen molar-refractivity contribution in [3.63, 3.8) is 0 Å². The molecule has 5 N–H and O–H groups in total. The molecule has 0 saturated carbocycles. The van der Waals surface area contributed by atoms with Gasteiger partial charge in [-0.1, -0.05) is 121 Å². The standard InChI is InChI=1S/C49H60O15/c1-31-40(55-27-32-16-8-4-9-17-32)44(56-28-33-18-10-5-11-19-33)45(57-29-34-20-12-6-13-21-34)48(59-31)62-43-39(53)47(58-30-35-22-14-7-15-23-35)60-37(26-51)42(43)61-46(54)38(52)41-36(24-25-50)63-49(2,3)64-41/h4-23,31,36-37,39-40,42-48,50-54H,24-30H2,1-3H3/b41-38+/t31?,36-,37?,39?,40+,42+,43?,44?,45?,46-,47+,48-/m0/s1. The molecule has 0 aromatic heterocycles. The first kappa shape index (κ1) is 47.7. The fourth-order valence-corrected chi connectivity index (χ4v) is 7.99. The van der Waals surface area contributed by atoms with Crippen molar-refractivity contribution in [1.29, 1.82) is 0 Å². The van der Waals surface area contributed by atoms with Crippen LogP contribution in [0.2, 0.25) is 0 Å². The van der Waals surface area contributed by atoms with E-state index in [1.54, 1.807) is 13.8 Å². The second kappa shape index (κ2) is 22.7. The van der Waals surface area contributed by atoms with Crippen LogP contribution >= 0.6 is 0 Å². The molecule has 0 amide bonds. The maximum absolute atomic E-state index is 12.2. The summed E-state index contributed by atoms with van der Waals surface area (Å²) in [5.41, 5.74) is 3.50. The fourth-order valence-electron chi connectivity index (χ4n) is 7.99. The molecule has 15 nitrogen and oxygen atoms in total. The average Bonchev–Trinajstić information content (AvgIpc) is 3.62. The van der Waals surface area contributed by atoms with Crippen molar-refractivity contribution in [3.8, 4) is 0 Å². The first-order valence-corrected chi connectivity index (χ1v) is 21.6. The molecule has 0 spiro atoms. The Morgan fingerprint density at radius 3 is 1.61 bits per heavy atom. The molecule has 3 heterocycles. The Bertz CT molecular complexity index is 2010. The van der Waals surface area contributed by atoms with Gasteiger partial charge < -0.3 is 72.9 Å². The average molecular weight is 889 g/mol. The van der Waals surface area contributed by atoms with E-state index in [1.165, 1.54) is 0 Å². The van der Waals surface area contributed by atoms with Crippen LogP contribution in [0.15, 0.2) is 133 Å². The van der Waals surface area contributed by atoms with Gasteiger partial charge in [0, 0.05) is 26.9 Å². The molecular formula is C49H60O15. The molecule has 3 fully saturated rings. The van der Waals surface area contributed by atoms with Gasteiger partial charge in [0.25, 0.3) is 0 Å². The van der Waals surface area contributed by atoms with Gasteiger partial charge in [0.2, 0.25) is 12.1 Å². The van der Waals surface area contributed by atoms with Crippen molar-refractivity contribution in [2.75, 3.05) is 13.2 Å². The summed E-state index contributed by atoms with van der Waals surface area (Å²) in [7, 11) is 0. The first-order valence-electron chi connectivity index (χ1n) is 21.6. The lowest BCUT2D eigenvalue weighted by molar-refractivity contribution is -0.377. The minimum Gasteiger partial charge on any atom is -0.505 e. The Labute approximate surface area is 373 Å². The zero-order chi connectivity index (χ0) is 45.1. The van der Waals surface area contributed by atoms with Crippen LogP contribution in [0.3, 0.4) is 0 Å². The van der Waals surface area contributed by atoms with E-state index in [-0.39, 0.29) is 45.2 Å². The van der Waals surface area contributed by atoms with E-state index in [9.17, 15) is 25.5 Å². The van der Waals surface area contributed by atoms with Crippen LogP contribution in [0.25, 0.3) is 0 Å². The largest absolute Gasteiger partial charge is 0.505 e. The quantitative estimate of drug-likeness (QED) is 0.0576. The summed E-state index contributed by atoms with van der Waals surface area (Å²) < 4.78 is 63.5. The van der Waals surface area contributed by atoms with Crippen molar-refractivity contribution < 1.29 is 72.9 Å². The molecule has 0 bridgehead atoms. The maximum Gasteiger partial charge on any atom is 0.218 e. The van der Waals surface area contributed by atoms with Crippen LogP contribution in [-0.4, -0.2) is 118 Å². The number of aliphatic hydroxyl groups excluding tert-OH is 5. The monoisotopic (exact) mass is 888 g/mol. The predicted octanol–water partition coefficient (Wildman–Crippen LogP) is 5.17. The number of rotatable bonds is 20. The number of hydrogen-bond donors (Lipinski definition) is 5. The van der Waals surface area contributed by atoms with Crippen LogP contribution in [-0.2, 0) is 73.8 Å². The van der Waals surface area contributed by atoms with Crippen molar-refractivity contribution in [3.05, 3.63) is 155 Å². The van der Waals surface area contributed by atoms with E-state index >= 15 is 0 Å². The Morgan fingerprint density at radius 2 is 1.11 bits per heavy atom. The Balaban J connectivity index is 1.23. The molecule has 64 heavy (non-hydrogen) atoms. The molecule has 4 aromatic carbocycles. The van der Waals surface area contributed by atoms with E-state index in [2.05, 4.69) is 0 Å². The molecule has 0 radical (unpaired) electrons. The highest BCUT2D eigenvalue weighted by Crippen LogP contribution is 2.38. The fraction of sp³-hybridized carbons (Fsp3) is 0.469. The minimum absolute atomic E-state index is 0.0312. The zero-order valence-corrected chi connectivity index (χ0v) is 36.2. The van der Waals surface area contributed by atoms with Crippen LogP contribution in [0.1, 0.15) is 49.4 Å². The summed E-state index contributed by atoms with van der Waals surface area (Å²) in [6.07, 6.45) is -14.7. The van der Waals surface area contributed by atoms with Crippen LogP contribution in [0.4, 0.5) is 0 Å². The van der Waals surface area contributed by atoms with Gasteiger partial charge in [-0.15, -0.1) is 0 Å². The zero-order valence-electron chi connectivity index (χ0n) is 36.2. The van der Waals surface area contributed by atoms with E-state index in [1.807, 2.05) is 128 Å². The van der Waals surface area contributed by atoms with Gasteiger partial charge in [0.1, 0.15) is 48.8 Å². The van der Waals surface area contributed by atoms with Crippen LogP contribution in [0, 0.1) is 0 Å². The Kier molecular flexibility index (Phi) is 16.9. The van der Waals surface area contributed by atoms with Gasteiger partial charge in [0.05, 0.1) is 39.1 Å². The van der Waals surface area contributed by atoms with Gasteiger partial charge in [-0.2, -0.15) is 0 Å². The second-order valence-corrected chi connectivity index (χ2v) is 16.4.